The second-order valence-corrected chi connectivity index (χ2v) is 15.8. The lowest BCUT2D eigenvalue weighted by molar-refractivity contribution is 0.827. The van der Waals surface area contributed by atoms with Crippen LogP contribution < -0.4 is 15.9 Å². The van der Waals surface area contributed by atoms with E-state index in [0.717, 1.165) is 0 Å². The number of hydrogen-bond donors (Lipinski definition) is 0. The van der Waals surface area contributed by atoms with E-state index in [9.17, 15) is 0 Å². The van der Waals surface area contributed by atoms with Crippen LogP contribution in [0.4, 0.5) is 0 Å². The van der Waals surface area contributed by atoms with Crippen molar-refractivity contribution in [1.29, 1.82) is 0 Å². The zero-order valence-electron chi connectivity index (χ0n) is 31.6. The second kappa shape index (κ2) is 20.5. The minimum Gasteiger partial charge on any atom is -0.0651 e. The van der Waals surface area contributed by atoms with Gasteiger partial charge in [-0.15, -0.1) is 0 Å². The first-order valence-corrected chi connectivity index (χ1v) is 21.0. The summed E-state index contributed by atoms with van der Waals surface area (Å²) in [7, 11) is -0.689. The first kappa shape index (κ1) is 38.5. The third-order valence-electron chi connectivity index (χ3n) is 9.79. The Balaban J connectivity index is 2.58. The van der Waals surface area contributed by atoms with E-state index in [0.29, 0.717) is 0 Å². The van der Waals surface area contributed by atoms with Crippen LogP contribution in [-0.4, -0.2) is 0 Å². The Labute approximate surface area is 287 Å². The molecule has 3 rings (SSSR count). The van der Waals surface area contributed by atoms with E-state index < -0.39 is 7.92 Å². The van der Waals surface area contributed by atoms with Crippen molar-refractivity contribution in [2.75, 3.05) is 0 Å². The van der Waals surface area contributed by atoms with Crippen molar-refractivity contribution < 1.29 is 0 Å². The van der Waals surface area contributed by atoms with Gasteiger partial charge in [0.2, 0.25) is 0 Å². The van der Waals surface area contributed by atoms with Gasteiger partial charge in [0.1, 0.15) is 0 Å². The van der Waals surface area contributed by atoms with Crippen LogP contribution in [0.2, 0.25) is 0 Å². The molecule has 0 aromatic heterocycles. The first-order valence-electron chi connectivity index (χ1n) is 19.7. The van der Waals surface area contributed by atoms with Gasteiger partial charge >= 0.3 is 0 Å². The van der Waals surface area contributed by atoms with Crippen molar-refractivity contribution in [3.63, 3.8) is 0 Å². The van der Waals surface area contributed by atoms with Gasteiger partial charge in [-0.25, -0.2) is 0 Å². The lowest BCUT2D eigenvalue weighted by Gasteiger charge is -2.32. The average Bonchev–Trinajstić information content (AvgIpc) is 3.04. The normalized spacial score (nSPS) is 11.6. The topological polar surface area (TPSA) is 0 Å². The molecule has 0 nitrogen and oxygen atoms in total. The average molecular weight is 641 g/mol. The quantitative estimate of drug-likeness (QED) is 0.102. The molecule has 0 radical (unpaired) electrons. The highest BCUT2D eigenvalue weighted by molar-refractivity contribution is 7.80. The number of hydrogen-bond acceptors (Lipinski definition) is 0. The molecule has 0 saturated carbocycles. The van der Waals surface area contributed by atoms with Gasteiger partial charge in [-0.2, -0.15) is 0 Å². The molecule has 0 unspecified atom stereocenters. The Kier molecular flexibility index (Phi) is 17.1. The number of benzene rings is 3. The van der Waals surface area contributed by atoms with Crippen molar-refractivity contribution in [2.24, 2.45) is 0 Å². The maximum absolute atomic E-state index is 2.63. The summed E-state index contributed by atoms with van der Waals surface area (Å²) in [4.78, 5) is 0. The highest BCUT2D eigenvalue weighted by Gasteiger charge is 2.29. The predicted molar refractivity (Wildman–Crippen MR) is 211 cm³/mol. The van der Waals surface area contributed by atoms with E-state index in [-0.39, 0.29) is 0 Å². The lowest BCUT2D eigenvalue weighted by Crippen LogP contribution is -2.31. The Morgan fingerprint density at radius 3 is 0.717 bits per heavy atom. The summed E-state index contributed by atoms with van der Waals surface area (Å²) < 4.78 is 0. The molecule has 0 bridgehead atoms. The fourth-order valence-corrected chi connectivity index (χ4v) is 11.0. The van der Waals surface area contributed by atoms with Gasteiger partial charge in [-0.3, -0.25) is 0 Å². The molecular weight excluding hydrogens is 571 g/mol. The van der Waals surface area contributed by atoms with E-state index in [4.69, 9.17) is 0 Å². The van der Waals surface area contributed by atoms with Crippen LogP contribution in [0.1, 0.15) is 170 Å². The van der Waals surface area contributed by atoms with Crippen LogP contribution in [0.5, 0.6) is 0 Å². The lowest BCUT2D eigenvalue weighted by atomic mass is 9.92. The zero-order chi connectivity index (χ0) is 33.5. The van der Waals surface area contributed by atoms with Gasteiger partial charge in [0, 0.05) is 0 Å². The maximum Gasteiger partial charge on any atom is -0.0116 e. The highest BCUT2D eigenvalue weighted by Crippen LogP contribution is 2.42. The summed E-state index contributed by atoms with van der Waals surface area (Å²) in [5.74, 6) is 0. The predicted octanol–water partition coefficient (Wildman–Crippen LogP) is 12.0. The molecule has 0 aliphatic carbocycles. The molecule has 0 heterocycles. The molecule has 0 amide bonds. The molecule has 46 heavy (non-hydrogen) atoms. The molecule has 0 fully saturated rings. The van der Waals surface area contributed by atoms with Crippen LogP contribution >= 0.6 is 7.92 Å². The molecule has 0 spiro atoms. The largest absolute Gasteiger partial charge is 0.0651 e. The van der Waals surface area contributed by atoms with Crippen molar-refractivity contribution in [3.8, 4) is 0 Å². The summed E-state index contributed by atoms with van der Waals surface area (Å²) >= 11 is 0. The van der Waals surface area contributed by atoms with Crippen LogP contribution in [0.15, 0.2) is 36.4 Å². The van der Waals surface area contributed by atoms with Crippen molar-refractivity contribution in [3.05, 3.63) is 86.5 Å². The Bertz CT molecular complexity index is 1180. The molecule has 0 N–H and O–H groups in total. The molecule has 0 atom stereocenters. The molecular formula is C45H69P. The molecule has 3 aromatic carbocycles. The van der Waals surface area contributed by atoms with Crippen LogP contribution in [0, 0.1) is 0 Å². The van der Waals surface area contributed by atoms with Gasteiger partial charge in [-0.05, 0) is 132 Å². The van der Waals surface area contributed by atoms with Crippen molar-refractivity contribution in [2.45, 2.75) is 178 Å². The molecule has 3 aromatic rings. The van der Waals surface area contributed by atoms with E-state index in [1.54, 1.807) is 66.0 Å². The van der Waals surface area contributed by atoms with Gasteiger partial charge in [0.05, 0.1) is 0 Å². The summed E-state index contributed by atoms with van der Waals surface area (Å²) in [6.45, 7) is 21.4. The van der Waals surface area contributed by atoms with E-state index in [2.05, 4.69) is 98.7 Å². The van der Waals surface area contributed by atoms with E-state index in [1.165, 1.54) is 116 Å². The summed E-state index contributed by atoms with van der Waals surface area (Å²) in [5, 5.41) is 5.02. The van der Waals surface area contributed by atoms with Gasteiger partial charge in [0.25, 0.3) is 0 Å². The SMILES string of the molecule is CCCc1ccc(P(c2ccc(CCC)c(CCC)c2CCC)c2ccc(CCC)c(CCC)c2CCC)c(CCC)c1CCC. The standard InChI is InChI=1S/C45H69P/c1-10-19-34-28-31-43(40(25-16-7)37(34)22-13-4)46(44-32-29-35(20-11-2)38(23-14-5)41(44)26-17-8)45-33-30-36(21-12-3)39(24-15-6)42(45)27-18-9/h28-33H,10-27H2,1-9H3. The van der Waals surface area contributed by atoms with Crippen LogP contribution in [-0.2, 0) is 57.8 Å². The fraction of sp³-hybridized carbons (Fsp3) is 0.600. The fourth-order valence-electron chi connectivity index (χ4n) is 7.99. The third kappa shape index (κ3) is 9.16. The summed E-state index contributed by atoms with van der Waals surface area (Å²) in [6, 6.07) is 15.6. The van der Waals surface area contributed by atoms with E-state index >= 15 is 0 Å². The van der Waals surface area contributed by atoms with Crippen LogP contribution in [0.3, 0.4) is 0 Å². The number of aryl methyl sites for hydroxylation is 3. The van der Waals surface area contributed by atoms with Gasteiger partial charge < -0.3 is 0 Å². The monoisotopic (exact) mass is 641 g/mol. The summed E-state index contributed by atoms with van der Waals surface area (Å²) in [5.41, 5.74) is 15.0. The van der Waals surface area contributed by atoms with Crippen LogP contribution in [0.25, 0.3) is 0 Å². The first-order chi connectivity index (χ1) is 22.5. The van der Waals surface area contributed by atoms with Gasteiger partial charge in [-0.1, -0.05) is 156 Å². The maximum atomic E-state index is 2.63. The van der Waals surface area contributed by atoms with Crippen molar-refractivity contribution >= 4 is 23.8 Å². The van der Waals surface area contributed by atoms with Crippen molar-refractivity contribution in [1.82, 2.24) is 0 Å². The Morgan fingerprint density at radius 2 is 0.500 bits per heavy atom. The molecule has 254 valence electrons. The Hall–Kier alpha value is -1.91. The summed E-state index contributed by atoms with van der Waals surface area (Å²) in [6.07, 6.45) is 21.7. The number of rotatable bonds is 21. The highest BCUT2D eigenvalue weighted by atomic mass is 31.1. The van der Waals surface area contributed by atoms with Gasteiger partial charge in [0.15, 0.2) is 0 Å². The minimum atomic E-state index is -0.689. The molecule has 0 saturated heterocycles. The molecule has 0 aliphatic heterocycles. The minimum absolute atomic E-state index is 0.689. The second-order valence-electron chi connectivity index (χ2n) is 13.7. The van der Waals surface area contributed by atoms with E-state index in [1.807, 2.05) is 0 Å². The molecule has 0 aliphatic rings. The Morgan fingerprint density at radius 1 is 0.283 bits per heavy atom. The third-order valence-corrected chi connectivity index (χ3v) is 12.5. The zero-order valence-corrected chi connectivity index (χ0v) is 32.5. The smallest absolute Gasteiger partial charge is 0.0116 e. The molecule has 1 heteroatoms.